The number of carbonyl (C=O) groups excluding carboxylic acids is 1. The number of hydrogen-bond donors (Lipinski definition) is 1. The quantitative estimate of drug-likeness (QED) is 0.416. The van der Waals surface area contributed by atoms with Gasteiger partial charge in [0.2, 0.25) is 10.9 Å². The third-order valence-electron chi connectivity index (χ3n) is 5.34. The first-order chi connectivity index (χ1) is 15.6. The van der Waals surface area contributed by atoms with E-state index in [0.717, 1.165) is 39.7 Å². The molecule has 4 aromatic rings. The van der Waals surface area contributed by atoms with Crippen molar-refractivity contribution < 1.29 is 14.3 Å². The highest BCUT2D eigenvalue weighted by atomic mass is 32.1. The van der Waals surface area contributed by atoms with Gasteiger partial charge in [0.25, 0.3) is 0 Å². The second kappa shape index (κ2) is 9.82. The smallest absolute Gasteiger partial charge is 0.220 e. The Morgan fingerprint density at radius 3 is 2.28 bits per heavy atom. The minimum Gasteiger partial charge on any atom is -0.497 e. The first-order valence-corrected chi connectivity index (χ1v) is 11.3. The molecule has 7 nitrogen and oxygen atoms in total. The number of hydrogen-bond acceptors (Lipinski definition) is 6. The van der Waals surface area contributed by atoms with Crippen molar-refractivity contribution in [3.63, 3.8) is 0 Å². The first kappa shape index (κ1) is 21.8. The second-order valence-electron chi connectivity index (χ2n) is 7.42. The van der Waals surface area contributed by atoms with Gasteiger partial charge in [0.05, 0.1) is 19.9 Å². The normalized spacial score (nSPS) is 11.0. The predicted molar refractivity (Wildman–Crippen MR) is 126 cm³/mol. The van der Waals surface area contributed by atoms with Crippen molar-refractivity contribution in [1.29, 1.82) is 0 Å². The largest absolute Gasteiger partial charge is 0.497 e. The summed E-state index contributed by atoms with van der Waals surface area (Å²) in [5, 5.41) is 7.67. The number of carbonyl (C=O) groups is 1. The predicted octanol–water partition coefficient (Wildman–Crippen LogP) is 4.07. The van der Waals surface area contributed by atoms with Crippen LogP contribution in [0.15, 0.2) is 48.5 Å². The topological polar surface area (TPSA) is 77.8 Å². The molecule has 0 aliphatic rings. The Morgan fingerprint density at radius 1 is 1.00 bits per heavy atom. The molecular formula is C24H26N4O3S. The number of nitrogens with one attached hydrogen (secondary N) is 1. The molecule has 2 heterocycles. The van der Waals surface area contributed by atoms with E-state index in [1.54, 1.807) is 25.6 Å². The average molecular weight is 451 g/mol. The van der Waals surface area contributed by atoms with Crippen LogP contribution in [0.5, 0.6) is 11.5 Å². The average Bonchev–Trinajstić information content (AvgIpc) is 3.37. The summed E-state index contributed by atoms with van der Waals surface area (Å²) in [6, 6.07) is 15.5. The van der Waals surface area contributed by atoms with Crippen molar-refractivity contribution in [2.45, 2.75) is 26.2 Å². The molecule has 0 spiro atoms. The molecule has 8 heteroatoms. The van der Waals surface area contributed by atoms with Crippen LogP contribution in [0.3, 0.4) is 0 Å². The van der Waals surface area contributed by atoms with Gasteiger partial charge in [0, 0.05) is 29.8 Å². The summed E-state index contributed by atoms with van der Waals surface area (Å²) in [7, 11) is 3.29. The van der Waals surface area contributed by atoms with Crippen molar-refractivity contribution in [1.82, 2.24) is 19.9 Å². The summed E-state index contributed by atoms with van der Waals surface area (Å²) in [5.74, 6) is 2.38. The van der Waals surface area contributed by atoms with Gasteiger partial charge in [-0.2, -0.15) is 4.98 Å². The fourth-order valence-electron chi connectivity index (χ4n) is 3.43. The molecular weight excluding hydrogens is 424 g/mol. The molecule has 0 saturated carbocycles. The third-order valence-corrected chi connectivity index (χ3v) is 6.53. The lowest BCUT2D eigenvalue weighted by Crippen LogP contribution is -2.25. The van der Waals surface area contributed by atoms with Gasteiger partial charge in [-0.05, 0) is 55.3 Å². The van der Waals surface area contributed by atoms with E-state index in [2.05, 4.69) is 15.4 Å². The SMILES string of the molecule is COc1ccc(CCC(=O)NCCc2sc3nc(-c4ccc(OC)cc4)nn3c2C)cc1. The molecule has 0 fully saturated rings. The molecule has 0 saturated heterocycles. The van der Waals surface area contributed by atoms with Crippen molar-refractivity contribution in [2.75, 3.05) is 20.8 Å². The fourth-order valence-corrected chi connectivity index (χ4v) is 4.49. The molecule has 4 rings (SSSR count). The summed E-state index contributed by atoms with van der Waals surface area (Å²) in [6.07, 6.45) is 1.93. The molecule has 0 radical (unpaired) electrons. The minimum absolute atomic E-state index is 0.0553. The number of nitrogens with zero attached hydrogens (tertiary/aromatic N) is 3. The van der Waals surface area contributed by atoms with Crippen LogP contribution in [0.25, 0.3) is 16.3 Å². The summed E-state index contributed by atoms with van der Waals surface area (Å²) >= 11 is 1.61. The molecule has 166 valence electrons. The Balaban J connectivity index is 1.30. The highest BCUT2D eigenvalue weighted by Gasteiger charge is 2.14. The van der Waals surface area contributed by atoms with Gasteiger partial charge in [0.15, 0.2) is 5.82 Å². The Kier molecular flexibility index (Phi) is 6.70. The maximum atomic E-state index is 12.2. The molecule has 0 unspecified atom stereocenters. The summed E-state index contributed by atoms with van der Waals surface area (Å²) in [4.78, 5) is 18.9. The highest BCUT2D eigenvalue weighted by molar-refractivity contribution is 7.17. The number of rotatable bonds is 9. The van der Waals surface area contributed by atoms with Gasteiger partial charge in [-0.25, -0.2) is 4.52 Å². The van der Waals surface area contributed by atoms with Gasteiger partial charge >= 0.3 is 0 Å². The zero-order valence-corrected chi connectivity index (χ0v) is 19.2. The van der Waals surface area contributed by atoms with Crippen molar-refractivity contribution >= 4 is 22.2 Å². The Bertz CT molecular complexity index is 1200. The van der Waals surface area contributed by atoms with E-state index in [1.807, 2.05) is 60.0 Å². The van der Waals surface area contributed by atoms with Crippen molar-refractivity contribution in [3.05, 3.63) is 64.7 Å². The number of fused-ring (bicyclic) bond motifs is 1. The minimum atomic E-state index is 0.0553. The van der Waals surface area contributed by atoms with E-state index in [1.165, 1.54) is 4.88 Å². The van der Waals surface area contributed by atoms with E-state index >= 15 is 0 Å². The third kappa shape index (κ3) is 4.91. The number of methoxy groups -OCH3 is 2. The molecule has 32 heavy (non-hydrogen) atoms. The van der Waals surface area contributed by atoms with Crippen LogP contribution in [0, 0.1) is 6.92 Å². The Hall–Kier alpha value is -3.39. The van der Waals surface area contributed by atoms with Gasteiger partial charge in [-0.3, -0.25) is 4.79 Å². The molecule has 2 aromatic carbocycles. The molecule has 0 atom stereocenters. The fraction of sp³-hybridized carbons (Fsp3) is 0.292. The number of aromatic nitrogens is 3. The summed E-state index contributed by atoms with van der Waals surface area (Å²) in [5.41, 5.74) is 3.13. The van der Waals surface area contributed by atoms with E-state index in [-0.39, 0.29) is 5.91 Å². The van der Waals surface area contributed by atoms with Gasteiger partial charge in [-0.15, -0.1) is 5.10 Å². The molecule has 0 aliphatic heterocycles. The van der Waals surface area contributed by atoms with Crippen LogP contribution >= 0.6 is 11.3 Å². The van der Waals surface area contributed by atoms with Crippen LogP contribution in [0.2, 0.25) is 0 Å². The monoisotopic (exact) mass is 450 g/mol. The second-order valence-corrected chi connectivity index (χ2v) is 8.48. The molecule has 2 aromatic heterocycles. The van der Waals surface area contributed by atoms with Crippen LogP contribution in [-0.2, 0) is 17.6 Å². The maximum absolute atomic E-state index is 12.2. The van der Waals surface area contributed by atoms with Crippen LogP contribution in [0.4, 0.5) is 0 Å². The van der Waals surface area contributed by atoms with E-state index in [4.69, 9.17) is 9.47 Å². The Morgan fingerprint density at radius 2 is 1.66 bits per heavy atom. The summed E-state index contributed by atoms with van der Waals surface area (Å²) in [6.45, 7) is 2.63. The van der Waals surface area contributed by atoms with E-state index in [9.17, 15) is 4.79 Å². The van der Waals surface area contributed by atoms with Gasteiger partial charge in [0.1, 0.15) is 11.5 Å². The zero-order valence-electron chi connectivity index (χ0n) is 18.4. The lowest BCUT2D eigenvalue weighted by Gasteiger charge is -2.06. The zero-order chi connectivity index (χ0) is 22.5. The number of amides is 1. The van der Waals surface area contributed by atoms with E-state index in [0.29, 0.717) is 25.2 Å². The number of benzene rings is 2. The van der Waals surface area contributed by atoms with Crippen LogP contribution in [-0.4, -0.2) is 41.3 Å². The van der Waals surface area contributed by atoms with Crippen LogP contribution < -0.4 is 14.8 Å². The number of aryl methyl sites for hydroxylation is 2. The first-order valence-electron chi connectivity index (χ1n) is 10.5. The highest BCUT2D eigenvalue weighted by Crippen LogP contribution is 2.26. The molecule has 1 N–H and O–H groups in total. The van der Waals surface area contributed by atoms with Gasteiger partial charge < -0.3 is 14.8 Å². The van der Waals surface area contributed by atoms with E-state index < -0.39 is 0 Å². The Labute approximate surface area is 191 Å². The molecule has 0 bridgehead atoms. The van der Waals surface area contributed by atoms with Crippen molar-refractivity contribution in [2.24, 2.45) is 0 Å². The lowest BCUT2D eigenvalue weighted by atomic mass is 10.1. The molecule has 0 aliphatic carbocycles. The lowest BCUT2D eigenvalue weighted by molar-refractivity contribution is -0.121. The summed E-state index contributed by atoms with van der Waals surface area (Å²) < 4.78 is 12.2. The van der Waals surface area contributed by atoms with Gasteiger partial charge in [-0.1, -0.05) is 23.5 Å². The van der Waals surface area contributed by atoms with Crippen molar-refractivity contribution in [3.8, 4) is 22.9 Å². The molecule has 1 amide bonds. The standard InChI is InChI=1S/C24H26N4O3S/c1-16-21(14-15-25-22(29)13-6-17-4-9-19(30-2)10-5-17)32-24-26-23(27-28(16)24)18-7-11-20(31-3)12-8-18/h4-5,7-12H,6,13-15H2,1-3H3,(H,25,29). The number of ether oxygens (including phenoxy) is 2. The maximum Gasteiger partial charge on any atom is 0.220 e. The van der Waals surface area contributed by atoms with Crippen LogP contribution in [0.1, 0.15) is 22.6 Å². The number of thiazole rings is 1.